The summed E-state index contributed by atoms with van der Waals surface area (Å²) >= 11 is 6.41. The molecule has 1 aliphatic heterocycles. The number of nitrogens with one attached hydrogen (secondary N) is 1. The SMILES string of the molecule is CCOc1cc(CN2CCC(n3ccc4[nH]cnc4c3=O)CC2)cc(OCC)c1Cl. The van der Waals surface area contributed by atoms with Gasteiger partial charge in [0.05, 0.1) is 25.1 Å². The normalized spacial score (nSPS) is 15.6. The summed E-state index contributed by atoms with van der Waals surface area (Å²) in [5, 5.41) is 0.522. The molecule has 160 valence electrons. The molecule has 1 saturated heterocycles. The molecule has 0 amide bonds. The van der Waals surface area contributed by atoms with Gasteiger partial charge in [0.2, 0.25) is 0 Å². The molecule has 0 saturated carbocycles. The van der Waals surface area contributed by atoms with Crippen LogP contribution in [0.5, 0.6) is 11.5 Å². The van der Waals surface area contributed by atoms with Crippen molar-refractivity contribution in [2.24, 2.45) is 0 Å². The number of rotatable bonds is 7. The van der Waals surface area contributed by atoms with Crippen molar-refractivity contribution in [3.05, 3.63) is 51.7 Å². The molecule has 0 aliphatic carbocycles. The Bertz CT molecular complexity index is 1040. The molecule has 3 heterocycles. The van der Waals surface area contributed by atoms with E-state index in [1.54, 1.807) is 6.33 Å². The molecule has 0 atom stereocenters. The van der Waals surface area contributed by atoms with Crippen LogP contribution in [-0.2, 0) is 6.54 Å². The number of imidazole rings is 1. The maximum atomic E-state index is 12.7. The van der Waals surface area contributed by atoms with Gasteiger partial charge in [-0.15, -0.1) is 0 Å². The largest absolute Gasteiger partial charge is 0.492 e. The molecule has 2 aromatic heterocycles. The minimum atomic E-state index is -0.0207. The lowest BCUT2D eigenvalue weighted by Crippen LogP contribution is -2.37. The molecular formula is C22H27ClN4O3. The minimum Gasteiger partial charge on any atom is -0.492 e. The zero-order valence-electron chi connectivity index (χ0n) is 17.4. The van der Waals surface area contributed by atoms with Crippen molar-refractivity contribution in [2.45, 2.75) is 39.3 Å². The molecule has 1 aliphatic rings. The third kappa shape index (κ3) is 4.18. The molecule has 1 fully saturated rings. The zero-order chi connectivity index (χ0) is 21.1. The summed E-state index contributed by atoms with van der Waals surface area (Å²) in [5.74, 6) is 1.32. The number of piperidine rings is 1. The standard InChI is InChI=1S/C22H27ClN4O3/c1-3-29-18-11-15(12-19(20(18)23)30-4-2)13-26-8-5-16(6-9-26)27-10-7-17-21(22(27)28)25-14-24-17/h7,10-12,14,16H,3-6,8-9,13H2,1-2H3,(H,24,25). The van der Waals surface area contributed by atoms with E-state index in [2.05, 4.69) is 14.9 Å². The third-order valence-electron chi connectivity index (χ3n) is 5.53. The fourth-order valence-corrected chi connectivity index (χ4v) is 4.31. The Balaban J connectivity index is 1.45. The van der Waals surface area contributed by atoms with Crippen LogP contribution in [0.1, 0.15) is 38.3 Å². The van der Waals surface area contributed by atoms with E-state index in [0.29, 0.717) is 35.3 Å². The lowest BCUT2D eigenvalue weighted by atomic mass is 10.0. The lowest BCUT2D eigenvalue weighted by molar-refractivity contribution is 0.177. The smallest absolute Gasteiger partial charge is 0.278 e. The topological polar surface area (TPSA) is 72.4 Å². The van der Waals surface area contributed by atoms with E-state index in [4.69, 9.17) is 21.1 Å². The predicted octanol–water partition coefficient (Wildman–Crippen LogP) is 4.01. The average molecular weight is 431 g/mol. The van der Waals surface area contributed by atoms with Gasteiger partial charge in [-0.3, -0.25) is 9.69 Å². The van der Waals surface area contributed by atoms with Gasteiger partial charge in [-0.25, -0.2) is 4.98 Å². The summed E-state index contributed by atoms with van der Waals surface area (Å²) in [5.41, 5.74) is 2.38. The summed E-state index contributed by atoms with van der Waals surface area (Å²) in [6, 6.07) is 6.11. The van der Waals surface area contributed by atoms with Gasteiger partial charge >= 0.3 is 0 Å². The van der Waals surface area contributed by atoms with Crippen LogP contribution in [-0.4, -0.2) is 45.7 Å². The minimum absolute atomic E-state index is 0.0207. The molecule has 3 aromatic rings. The van der Waals surface area contributed by atoms with Crippen LogP contribution in [0.2, 0.25) is 5.02 Å². The summed E-state index contributed by atoms with van der Waals surface area (Å²) < 4.78 is 13.2. The van der Waals surface area contributed by atoms with Gasteiger partial charge in [-0.2, -0.15) is 0 Å². The lowest BCUT2D eigenvalue weighted by Gasteiger charge is -2.33. The van der Waals surface area contributed by atoms with Crippen molar-refractivity contribution in [1.82, 2.24) is 19.4 Å². The highest BCUT2D eigenvalue weighted by atomic mass is 35.5. The van der Waals surface area contributed by atoms with Crippen LogP contribution in [0, 0.1) is 0 Å². The van der Waals surface area contributed by atoms with Crippen molar-refractivity contribution >= 4 is 22.6 Å². The maximum absolute atomic E-state index is 12.7. The van der Waals surface area contributed by atoms with Gasteiger partial charge in [0.15, 0.2) is 5.52 Å². The average Bonchev–Trinajstić information content (AvgIpc) is 3.23. The van der Waals surface area contributed by atoms with Gasteiger partial charge in [0, 0.05) is 31.9 Å². The van der Waals surface area contributed by atoms with Crippen molar-refractivity contribution in [3.63, 3.8) is 0 Å². The number of aromatic nitrogens is 3. The summed E-state index contributed by atoms with van der Waals surface area (Å²) in [4.78, 5) is 22.3. The van der Waals surface area contributed by atoms with E-state index in [1.807, 2.05) is 42.8 Å². The van der Waals surface area contributed by atoms with E-state index in [0.717, 1.165) is 43.6 Å². The number of hydrogen-bond donors (Lipinski definition) is 1. The third-order valence-corrected chi connectivity index (χ3v) is 5.90. The van der Waals surface area contributed by atoms with Crippen LogP contribution in [0.15, 0.2) is 35.5 Å². The van der Waals surface area contributed by atoms with Gasteiger partial charge < -0.3 is 19.0 Å². The number of halogens is 1. The second-order valence-electron chi connectivity index (χ2n) is 7.47. The van der Waals surface area contributed by atoms with Crippen LogP contribution in [0.4, 0.5) is 0 Å². The Labute approximate surface area is 180 Å². The predicted molar refractivity (Wildman–Crippen MR) is 118 cm³/mol. The second-order valence-corrected chi connectivity index (χ2v) is 7.85. The van der Waals surface area contributed by atoms with E-state index < -0.39 is 0 Å². The first kappa shape index (κ1) is 20.8. The van der Waals surface area contributed by atoms with E-state index >= 15 is 0 Å². The Hall–Kier alpha value is -2.51. The second kappa shape index (κ2) is 9.10. The first-order chi connectivity index (χ1) is 14.6. The molecule has 0 bridgehead atoms. The first-order valence-electron chi connectivity index (χ1n) is 10.4. The molecule has 1 aromatic carbocycles. The van der Waals surface area contributed by atoms with Crippen molar-refractivity contribution in [2.75, 3.05) is 26.3 Å². The molecule has 0 spiro atoms. The zero-order valence-corrected chi connectivity index (χ0v) is 18.1. The van der Waals surface area contributed by atoms with E-state index in [-0.39, 0.29) is 11.6 Å². The monoisotopic (exact) mass is 430 g/mol. The molecule has 8 heteroatoms. The van der Waals surface area contributed by atoms with Crippen LogP contribution in [0.25, 0.3) is 11.0 Å². The fraction of sp³-hybridized carbons (Fsp3) is 0.455. The number of fused-ring (bicyclic) bond motifs is 1. The summed E-state index contributed by atoms with van der Waals surface area (Å²) in [6.45, 7) is 7.59. The van der Waals surface area contributed by atoms with Crippen molar-refractivity contribution < 1.29 is 9.47 Å². The van der Waals surface area contributed by atoms with Gasteiger partial charge in [0.1, 0.15) is 16.5 Å². The van der Waals surface area contributed by atoms with Crippen LogP contribution in [0.3, 0.4) is 0 Å². The number of likely N-dealkylation sites (tertiary alicyclic amines) is 1. The Morgan fingerprint density at radius 1 is 1.17 bits per heavy atom. The number of benzene rings is 1. The Kier molecular flexibility index (Phi) is 6.29. The number of H-pyrrole nitrogens is 1. The maximum Gasteiger partial charge on any atom is 0.278 e. The van der Waals surface area contributed by atoms with Crippen molar-refractivity contribution in [1.29, 1.82) is 0 Å². The number of aromatic amines is 1. The van der Waals surface area contributed by atoms with Crippen LogP contribution < -0.4 is 15.0 Å². The summed E-state index contributed by atoms with van der Waals surface area (Å²) in [6.07, 6.45) is 5.28. The Morgan fingerprint density at radius 3 is 2.47 bits per heavy atom. The van der Waals surface area contributed by atoms with Crippen LogP contribution >= 0.6 is 11.6 Å². The summed E-state index contributed by atoms with van der Waals surface area (Å²) in [7, 11) is 0. The number of hydrogen-bond acceptors (Lipinski definition) is 5. The molecule has 1 N–H and O–H groups in total. The molecule has 0 unspecified atom stereocenters. The van der Waals surface area contributed by atoms with Gasteiger partial charge in [-0.1, -0.05) is 11.6 Å². The highest BCUT2D eigenvalue weighted by molar-refractivity contribution is 6.33. The first-order valence-corrected chi connectivity index (χ1v) is 10.8. The Morgan fingerprint density at radius 2 is 1.83 bits per heavy atom. The van der Waals surface area contributed by atoms with Crippen molar-refractivity contribution in [3.8, 4) is 11.5 Å². The highest BCUT2D eigenvalue weighted by Gasteiger charge is 2.23. The molecule has 0 radical (unpaired) electrons. The molecule has 30 heavy (non-hydrogen) atoms. The molecular weight excluding hydrogens is 404 g/mol. The van der Waals surface area contributed by atoms with E-state index in [9.17, 15) is 4.79 Å². The quantitative estimate of drug-likeness (QED) is 0.613. The highest BCUT2D eigenvalue weighted by Crippen LogP contribution is 2.36. The molecule has 4 rings (SSSR count). The van der Waals surface area contributed by atoms with Gasteiger partial charge in [0.25, 0.3) is 5.56 Å². The molecule has 7 nitrogen and oxygen atoms in total. The number of pyridine rings is 1. The van der Waals surface area contributed by atoms with Gasteiger partial charge in [-0.05, 0) is 50.5 Å². The number of ether oxygens (including phenoxy) is 2. The van der Waals surface area contributed by atoms with E-state index in [1.165, 1.54) is 0 Å². The number of nitrogens with zero attached hydrogens (tertiary/aromatic N) is 3. The fourth-order valence-electron chi connectivity index (χ4n) is 4.09.